The molecule has 1 N–H and O–H groups in total. The molecule has 3 amide bonds. The van der Waals surface area contributed by atoms with Gasteiger partial charge in [-0.1, -0.05) is 29.3 Å². The number of ether oxygens (including phenoxy) is 1. The Labute approximate surface area is 133 Å². The van der Waals surface area contributed by atoms with Crippen molar-refractivity contribution in [3.63, 3.8) is 0 Å². The molecule has 1 fully saturated rings. The number of benzene rings is 1. The maximum absolute atomic E-state index is 12.1. The van der Waals surface area contributed by atoms with E-state index >= 15 is 0 Å². The Morgan fingerprint density at radius 3 is 2.71 bits per heavy atom. The first-order valence-corrected chi connectivity index (χ1v) is 7.33. The lowest BCUT2D eigenvalue weighted by Gasteiger charge is -2.13. The molecule has 1 saturated heterocycles. The van der Waals surface area contributed by atoms with Crippen molar-refractivity contribution in [1.82, 2.24) is 10.2 Å². The highest BCUT2D eigenvalue weighted by Gasteiger charge is 2.37. The number of carbonyl (C=O) groups excluding carboxylic acids is 2. The van der Waals surface area contributed by atoms with Crippen LogP contribution in [0.25, 0.3) is 0 Å². The Morgan fingerprint density at radius 1 is 1.29 bits per heavy atom. The molecule has 1 atom stereocenters. The fourth-order valence-electron chi connectivity index (χ4n) is 2.16. The van der Waals surface area contributed by atoms with Gasteiger partial charge >= 0.3 is 6.03 Å². The zero-order valence-corrected chi connectivity index (χ0v) is 13.1. The number of methoxy groups -OCH3 is 1. The average Bonchev–Trinajstić information content (AvgIpc) is 2.73. The van der Waals surface area contributed by atoms with Crippen molar-refractivity contribution in [2.75, 3.05) is 20.3 Å². The van der Waals surface area contributed by atoms with Crippen LogP contribution in [0.15, 0.2) is 18.2 Å². The summed E-state index contributed by atoms with van der Waals surface area (Å²) in [6, 6.07) is 4.42. The summed E-state index contributed by atoms with van der Waals surface area (Å²) >= 11 is 11.8. The number of halogens is 2. The van der Waals surface area contributed by atoms with Gasteiger partial charge in [0.2, 0.25) is 0 Å². The number of hydrogen-bond acceptors (Lipinski definition) is 3. The van der Waals surface area contributed by atoms with E-state index in [9.17, 15) is 9.59 Å². The lowest BCUT2D eigenvalue weighted by atomic mass is 10.1. The second kappa shape index (κ2) is 7.11. The molecule has 1 aliphatic heterocycles. The van der Waals surface area contributed by atoms with Gasteiger partial charge in [0.15, 0.2) is 0 Å². The van der Waals surface area contributed by atoms with E-state index in [1.54, 1.807) is 19.2 Å². The monoisotopic (exact) mass is 330 g/mol. The molecule has 114 valence electrons. The smallest absolute Gasteiger partial charge is 0.324 e. The molecule has 21 heavy (non-hydrogen) atoms. The Hall–Kier alpha value is -1.30. The molecule has 0 aliphatic carbocycles. The third-order valence-corrected chi connectivity index (χ3v) is 4.06. The van der Waals surface area contributed by atoms with Gasteiger partial charge in [-0.3, -0.25) is 9.69 Å². The summed E-state index contributed by atoms with van der Waals surface area (Å²) < 4.78 is 4.93. The van der Waals surface area contributed by atoms with Gasteiger partial charge in [0.1, 0.15) is 6.04 Å². The number of nitrogens with zero attached hydrogens (tertiary/aromatic N) is 1. The molecule has 2 rings (SSSR count). The second-order valence-corrected chi connectivity index (χ2v) is 5.59. The summed E-state index contributed by atoms with van der Waals surface area (Å²) in [7, 11) is 1.56. The van der Waals surface area contributed by atoms with Gasteiger partial charge in [0, 0.05) is 26.7 Å². The van der Waals surface area contributed by atoms with Gasteiger partial charge in [0.25, 0.3) is 5.91 Å². The molecule has 0 spiro atoms. The number of carbonyl (C=O) groups is 2. The standard InChI is InChI=1S/C14H16Cl2N2O3/c1-21-7-5-12-13(19)18(14(20)17-12)6-4-9-2-3-10(15)11(16)8-9/h2-3,8,12H,4-7H2,1H3,(H,17,20). The molecule has 1 unspecified atom stereocenters. The quantitative estimate of drug-likeness (QED) is 0.815. The molecule has 0 aromatic heterocycles. The van der Waals surface area contributed by atoms with Gasteiger partial charge in [-0.25, -0.2) is 4.79 Å². The van der Waals surface area contributed by atoms with Crippen LogP contribution in [-0.4, -0.2) is 43.1 Å². The highest BCUT2D eigenvalue weighted by molar-refractivity contribution is 6.42. The Bertz CT molecular complexity index is 551. The molecule has 5 nitrogen and oxygen atoms in total. The molecule has 0 saturated carbocycles. The van der Waals surface area contributed by atoms with Crippen molar-refractivity contribution in [2.45, 2.75) is 18.9 Å². The minimum Gasteiger partial charge on any atom is -0.385 e. The number of amides is 3. The normalized spacial score (nSPS) is 18.2. The van der Waals surface area contributed by atoms with Crippen molar-refractivity contribution < 1.29 is 14.3 Å². The lowest BCUT2D eigenvalue weighted by Crippen LogP contribution is -2.33. The van der Waals surface area contributed by atoms with Crippen LogP contribution in [0.5, 0.6) is 0 Å². The Morgan fingerprint density at radius 2 is 2.05 bits per heavy atom. The maximum atomic E-state index is 12.1. The fourth-order valence-corrected chi connectivity index (χ4v) is 2.48. The third kappa shape index (κ3) is 3.87. The van der Waals surface area contributed by atoms with Crippen LogP contribution >= 0.6 is 23.2 Å². The summed E-state index contributed by atoms with van der Waals surface area (Å²) in [6.45, 7) is 0.740. The first kappa shape index (κ1) is 16.1. The van der Waals surface area contributed by atoms with E-state index in [1.165, 1.54) is 4.90 Å². The van der Waals surface area contributed by atoms with Gasteiger partial charge in [0.05, 0.1) is 10.0 Å². The molecule has 7 heteroatoms. The molecule has 1 aliphatic rings. The van der Waals surface area contributed by atoms with Crippen LogP contribution in [-0.2, 0) is 16.0 Å². The maximum Gasteiger partial charge on any atom is 0.324 e. The van der Waals surface area contributed by atoms with E-state index in [-0.39, 0.29) is 11.9 Å². The minimum absolute atomic E-state index is 0.211. The van der Waals surface area contributed by atoms with Crippen molar-refractivity contribution in [2.24, 2.45) is 0 Å². The average molecular weight is 331 g/mol. The largest absolute Gasteiger partial charge is 0.385 e. The topological polar surface area (TPSA) is 58.6 Å². The molecule has 0 radical (unpaired) electrons. The predicted octanol–water partition coefficient (Wildman–Crippen LogP) is 2.49. The first-order chi connectivity index (χ1) is 10.0. The van der Waals surface area contributed by atoms with Gasteiger partial charge in [-0.05, 0) is 24.1 Å². The predicted molar refractivity (Wildman–Crippen MR) is 80.7 cm³/mol. The van der Waals surface area contributed by atoms with Crippen molar-refractivity contribution in [1.29, 1.82) is 0 Å². The van der Waals surface area contributed by atoms with E-state index < -0.39 is 6.04 Å². The van der Waals surface area contributed by atoms with Gasteiger partial charge in [-0.15, -0.1) is 0 Å². The summed E-state index contributed by atoms with van der Waals surface area (Å²) in [4.78, 5) is 25.1. The molecule has 0 bridgehead atoms. The van der Waals surface area contributed by atoms with E-state index in [4.69, 9.17) is 27.9 Å². The lowest BCUT2D eigenvalue weighted by molar-refractivity contribution is -0.127. The highest BCUT2D eigenvalue weighted by Crippen LogP contribution is 2.23. The molecule has 1 aromatic carbocycles. The Balaban J connectivity index is 1.94. The third-order valence-electron chi connectivity index (χ3n) is 3.33. The number of rotatable bonds is 6. The fraction of sp³-hybridized carbons (Fsp3) is 0.429. The second-order valence-electron chi connectivity index (χ2n) is 4.77. The van der Waals surface area contributed by atoms with Crippen LogP contribution in [0.2, 0.25) is 10.0 Å². The minimum atomic E-state index is -0.494. The molecule has 1 aromatic rings. The number of urea groups is 1. The summed E-state index contributed by atoms with van der Waals surface area (Å²) in [5.41, 5.74) is 0.922. The number of nitrogens with one attached hydrogen (secondary N) is 1. The molecule has 1 heterocycles. The van der Waals surface area contributed by atoms with Gasteiger partial charge < -0.3 is 10.1 Å². The van der Waals surface area contributed by atoms with Crippen LogP contribution in [0.1, 0.15) is 12.0 Å². The van der Waals surface area contributed by atoms with Crippen LogP contribution < -0.4 is 5.32 Å². The van der Waals surface area contributed by atoms with Gasteiger partial charge in [-0.2, -0.15) is 0 Å². The summed E-state index contributed by atoms with van der Waals surface area (Å²) in [5, 5.41) is 3.60. The molecular formula is C14H16Cl2N2O3. The van der Waals surface area contributed by atoms with Crippen molar-refractivity contribution in [3.8, 4) is 0 Å². The molecular weight excluding hydrogens is 315 g/mol. The van der Waals surface area contributed by atoms with E-state index in [1.807, 2.05) is 6.07 Å². The van der Waals surface area contributed by atoms with E-state index in [0.29, 0.717) is 36.0 Å². The summed E-state index contributed by atoms with van der Waals surface area (Å²) in [5.74, 6) is -0.211. The zero-order valence-electron chi connectivity index (χ0n) is 11.6. The number of imide groups is 1. The Kier molecular flexibility index (Phi) is 5.45. The zero-order chi connectivity index (χ0) is 15.4. The van der Waals surface area contributed by atoms with Crippen LogP contribution in [0, 0.1) is 0 Å². The van der Waals surface area contributed by atoms with Crippen molar-refractivity contribution >= 4 is 35.1 Å². The van der Waals surface area contributed by atoms with E-state index in [0.717, 1.165) is 5.56 Å². The SMILES string of the molecule is COCCC1NC(=O)N(CCc2ccc(Cl)c(Cl)c2)C1=O. The highest BCUT2D eigenvalue weighted by atomic mass is 35.5. The van der Waals surface area contributed by atoms with Crippen molar-refractivity contribution in [3.05, 3.63) is 33.8 Å². The van der Waals surface area contributed by atoms with E-state index in [2.05, 4.69) is 5.32 Å². The van der Waals surface area contributed by atoms with Crippen LogP contribution in [0.4, 0.5) is 4.79 Å². The van der Waals surface area contributed by atoms with Crippen LogP contribution in [0.3, 0.4) is 0 Å². The first-order valence-electron chi connectivity index (χ1n) is 6.57. The number of hydrogen-bond donors (Lipinski definition) is 1. The summed E-state index contributed by atoms with van der Waals surface area (Å²) in [6.07, 6.45) is 1.01.